The molecule has 0 aliphatic carbocycles. The molecule has 3 nitrogen and oxygen atoms in total. The normalized spacial score (nSPS) is 11.1. The molecule has 0 aliphatic rings. The van der Waals surface area contributed by atoms with Crippen molar-refractivity contribution in [3.8, 4) is 11.4 Å². The summed E-state index contributed by atoms with van der Waals surface area (Å²) < 4.78 is 2.00. The van der Waals surface area contributed by atoms with Gasteiger partial charge in [-0.2, -0.15) is 0 Å². The van der Waals surface area contributed by atoms with Gasteiger partial charge < -0.3 is 5.73 Å². The van der Waals surface area contributed by atoms with Gasteiger partial charge in [0.15, 0.2) is 0 Å². The van der Waals surface area contributed by atoms with Crippen molar-refractivity contribution in [2.75, 3.05) is 0 Å². The molecule has 0 saturated carbocycles. The van der Waals surface area contributed by atoms with Gasteiger partial charge in [0.25, 0.3) is 0 Å². The van der Waals surface area contributed by atoms with Crippen molar-refractivity contribution in [1.29, 1.82) is 0 Å². The van der Waals surface area contributed by atoms with Crippen LogP contribution in [-0.2, 0) is 6.54 Å². The van der Waals surface area contributed by atoms with E-state index in [1.165, 1.54) is 0 Å². The molecule has 19 heavy (non-hydrogen) atoms. The van der Waals surface area contributed by atoms with Crippen LogP contribution >= 0.6 is 23.2 Å². The lowest BCUT2D eigenvalue weighted by Crippen LogP contribution is -1.96. The number of nitrogens with zero attached hydrogens (tertiary/aromatic N) is 2. The van der Waals surface area contributed by atoms with E-state index in [4.69, 9.17) is 28.9 Å². The van der Waals surface area contributed by atoms with Crippen molar-refractivity contribution in [2.45, 2.75) is 6.54 Å². The zero-order chi connectivity index (χ0) is 13.4. The summed E-state index contributed by atoms with van der Waals surface area (Å²) >= 11 is 12.0. The molecule has 0 unspecified atom stereocenters. The molecule has 0 saturated heterocycles. The van der Waals surface area contributed by atoms with Crippen LogP contribution in [0.1, 0.15) is 5.69 Å². The van der Waals surface area contributed by atoms with Gasteiger partial charge in [-0.05, 0) is 30.3 Å². The van der Waals surface area contributed by atoms with Crippen molar-refractivity contribution in [3.63, 3.8) is 0 Å². The third kappa shape index (κ3) is 2.10. The molecule has 0 radical (unpaired) electrons. The number of fused-ring (bicyclic) bond motifs is 1. The van der Waals surface area contributed by atoms with Crippen molar-refractivity contribution < 1.29 is 0 Å². The van der Waals surface area contributed by atoms with E-state index >= 15 is 0 Å². The Morgan fingerprint density at radius 3 is 2.68 bits per heavy atom. The molecule has 0 fully saturated rings. The monoisotopic (exact) mass is 291 g/mol. The van der Waals surface area contributed by atoms with Crippen molar-refractivity contribution in [2.24, 2.45) is 5.73 Å². The van der Waals surface area contributed by atoms with Crippen LogP contribution in [0.15, 0.2) is 42.6 Å². The lowest BCUT2D eigenvalue weighted by Gasteiger charge is -2.02. The van der Waals surface area contributed by atoms with Crippen LogP contribution in [0.4, 0.5) is 0 Å². The second-order valence-corrected chi connectivity index (χ2v) is 4.99. The minimum absolute atomic E-state index is 0.398. The van der Waals surface area contributed by atoms with Crippen LogP contribution in [0.25, 0.3) is 16.9 Å². The van der Waals surface area contributed by atoms with E-state index in [1.54, 1.807) is 6.07 Å². The van der Waals surface area contributed by atoms with E-state index in [0.29, 0.717) is 16.6 Å². The first kappa shape index (κ1) is 12.5. The standard InChI is InChI=1S/C14H11Cl2N3/c15-10-5-4-9(7-11(10)16)14-18-12(8-17)13-3-1-2-6-19(13)14/h1-7H,8,17H2. The molecule has 5 heteroatoms. The van der Waals surface area contributed by atoms with Gasteiger partial charge >= 0.3 is 0 Å². The van der Waals surface area contributed by atoms with Crippen LogP contribution < -0.4 is 5.73 Å². The Morgan fingerprint density at radius 2 is 1.95 bits per heavy atom. The highest BCUT2D eigenvalue weighted by Gasteiger charge is 2.12. The van der Waals surface area contributed by atoms with Crippen LogP contribution in [0.5, 0.6) is 0 Å². The number of hydrogen-bond donors (Lipinski definition) is 1. The summed E-state index contributed by atoms with van der Waals surface area (Å²) in [5, 5.41) is 1.05. The molecular formula is C14H11Cl2N3. The van der Waals surface area contributed by atoms with Gasteiger partial charge in [-0.15, -0.1) is 0 Å². The number of hydrogen-bond acceptors (Lipinski definition) is 2. The van der Waals surface area contributed by atoms with E-state index in [2.05, 4.69) is 4.98 Å². The molecular weight excluding hydrogens is 281 g/mol. The maximum absolute atomic E-state index is 6.06. The minimum Gasteiger partial charge on any atom is -0.325 e. The lowest BCUT2D eigenvalue weighted by molar-refractivity contribution is 1.02. The summed E-state index contributed by atoms with van der Waals surface area (Å²) in [6.45, 7) is 0.398. The second kappa shape index (κ2) is 4.85. The Labute approximate surface area is 120 Å². The molecule has 0 spiro atoms. The molecule has 3 aromatic rings. The highest BCUT2D eigenvalue weighted by molar-refractivity contribution is 6.42. The third-order valence-electron chi connectivity index (χ3n) is 3.00. The van der Waals surface area contributed by atoms with Crippen molar-refractivity contribution in [1.82, 2.24) is 9.38 Å². The lowest BCUT2D eigenvalue weighted by atomic mass is 10.2. The number of benzene rings is 1. The average molecular weight is 292 g/mol. The maximum Gasteiger partial charge on any atom is 0.144 e. The number of aromatic nitrogens is 2. The second-order valence-electron chi connectivity index (χ2n) is 4.17. The van der Waals surface area contributed by atoms with Gasteiger partial charge in [-0.3, -0.25) is 4.40 Å². The summed E-state index contributed by atoms with van der Waals surface area (Å²) in [7, 11) is 0. The molecule has 96 valence electrons. The van der Waals surface area contributed by atoms with E-state index in [9.17, 15) is 0 Å². The van der Waals surface area contributed by atoms with Gasteiger partial charge in [0.05, 0.1) is 21.3 Å². The fourth-order valence-corrected chi connectivity index (χ4v) is 2.39. The topological polar surface area (TPSA) is 43.3 Å². The Kier molecular flexibility index (Phi) is 3.19. The molecule has 0 amide bonds. The Balaban J connectivity index is 2.27. The van der Waals surface area contributed by atoms with E-state index in [-0.39, 0.29) is 0 Å². The Hall–Kier alpha value is -1.55. The van der Waals surface area contributed by atoms with E-state index < -0.39 is 0 Å². The minimum atomic E-state index is 0.398. The van der Waals surface area contributed by atoms with Crippen molar-refractivity contribution in [3.05, 3.63) is 58.3 Å². The zero-order valence-electron chi connectivity index (χ0n) is 9.98. The highest BCUT2D eigenvalue weighted by Crippen LogP contribution is 2.29. The molecule has 0 aliphatic heterocycles. The first-order valence-corrected chi connectivity index (χ1v) is 6.58. The summed E-state index contributed by atoms with van der Waals surface area (Å²) in [4.78, 5) is 4.59. The number of rotatable bonds is 2. The summed E-state index contributed by atoms with van der Waals surface area (Å²) in [6.07, 6.45) is 1.96. The first-order chi connectivity index (χ1) is 9.20. The summed E-state index contributed by atoms with van der Waals surface area (Å²) in [5.41, 5.74) is 8.52. The first-order valence-electron chi connectivity index (χ1n) is 5.82. The van der Waals surface area contributed by atoms with Crippen LogP contribution in [0.3, 0.4) is 0 Å². The van der Waals surface area contributed by atoms with Gasteiger partial charge in [-0.25, -0.2) is 4.98 Å². The van der Waals surface area contributed by atoms with Gasteiger partial charge in [0, 0.05) is 18.3 Å². The number of nitrogens with two attached hydrogens (primary N) is 1. The average Bonchev–Trinajstić information content (AvgIpc) is 2.81. The fraction of sp³-hybridized carbons (Fsp3) is 0.0714. The van der Waals surface area contributed by atoms with E-state index in [1.807, 2.05) is 40.9 Å². The molecule has 2 N–H and O–H groups in total. The molecule has 0 atom stereocenters. The van der Waals surface area contributed by atoms with Gasteiger partial charge in [0.2, 0.25) is 0 Å². The van der Waals surface area contributed by atoms with E-state index in [0.717, 1.165) is 22.6 Å². The van der Waals surface area contributed by atoms with Crippen molar-refractivity contribution >= 4 is 28.7 Å². The smallest absolute Gasteiger partial charge is 0.144 e. The number of pyridine rings is 1. The predicted octanol–water partition coefficient (Wildman–Crippen LogP) is 3.77. The Bertz CT molecular complexity index is 750. The molecule has 2 heterocycles. The fourth-order valence-electron chi connectivity index (χ4n) is 2.09. The molecule has 0 bridgehead atoms. The van der Waals surface area contributed by atoms with Gasteiger partial charge in [-0.1, -0.05) is 29.3 Å². The molecule has 2 aromatic heterocycles. The van der Waals surface area contributed by atoms with Crippen LogP contribution in [0, 0.1) is 0 Å². The summed E-state index contributed by atoms with van der Waals surface area (Å²) in [6, 6.07) is 11.4. The highest BCUT2D eigenvalue weighted by atomic mass is 35.5. The van der Waals surface area contributed by atoms with Crippen LogP contribution in [-0.4, -0.2) is 9.38 Å². The molecule has 1 aromatic carbocycles. The molecule has 3 rings (SSSR count). The number of halogens is 2. The predicted molar refractivity (Wildman–Crippen MR) is 78.5 cm³/mol. The number of imidazole rings is 1. The maximum atomic E-state index is 6.06. The third-order valence-corrected chi connectivity index (χ3v) is 3.73. The largest absolute Gasteiger partial charge is 0.325 e. The zero-order valence-corrected chi connectivity index (χ0v) is 11.5. The Morgan fingerprint density at radius 1 is 1.11 bits per heavy atom. The summed E-state index contributed by atoms with van der Waals surface area (Å²) in [5.74, 6) is 0.814. The SMILES string of the molecule is NCc1nc(-c2ccc(Cl)c(Cl)c2)n2ccccc12. The van der Waals surface area contributed by atoms with Gasteiger partial charge in [0.1, 0.15) is 5.82 Å². The quantitative estimate of drug-likeness (QED) is 0.781. The van der Waals surface area contributed by atoms with Crippen LogP contribution in [0.2, 0.25) is 10.0 Å².